The molecule has 2 unspecified atom stereocenters. The minimum atomic E-state index is -4.44. The Morgan fingerprint density at radius 1 is 1.35 bits per heavy atom. The molecule has 37 heavy (non-hydrogen) atoms. The third-order valence-corrected chi connectivity index (χ3v) is 7.25. The predicted octanol–water partition coefficient (Wildman–Crippen LogP) is 3.26. The number of alkyl halides is 2. The van der Waals surface area contributed by atoms with Gasteiger partial charge in [-0.15, -0.1) is 0 Å². The Morgan fingerprint density at radius 3 is 2.62 bits per heavy atom. The van der Waals surface area contributed by atoms with Crippen LogP contribution in [-0.2, 0) is 23.4 Å². The van der Waals surface area contributed by atoms with Crippen molar-refractivity contribution in [2.45, 2.75) is 57.0 Å². The molecule has 3 rings (SSSR count). The van der Waals surface area contributed by atoms with Crippen molar-refractivity contribution < 1.29 is 41.8 Å². The fourth-order valence-electron chi connectivity index (χ4n) is 3.45. The normalized spacial score (nSPS) is 26.0. The second-order valence-electron chi connectivity index (χ2n) is 8.65. The number of aliphatic hydroxyl groups excluding tert-OH is 1. The van der Waals surface area contributed by atoms with E-state index in [2.05, 4.69) is 10.1 Å². The number of halogens is 2. The van der Waals surface area contributed by atoms with Gasteiger partial charge in [-0.05, 0) is 51.2 Å². The molecule has 0 radical (unpaired) electrons. The van der Waals surface area contributed by atoms with Gasteiger partial charge in [0.15, 0.2) is 18.0 Å². The molecule has 1 aromatic carbocycles. The van der Waals surface area contributed by atoms with Crippen LogP contribution in [-0.4, -0.2) is 63.9 Å². The highest BCUT2D eigenvalue weighted by Crippen LogP contribution is 2.48. The van der Waals surface area contributed by atoms with Crippen LogP contribution in [0.25, 0.3) is 0 Å². The molecule has 4 N–H and O–H groups in total. The molecule has 2 aromatic rings. The van der Waals surface area contributed by atoms with Gasteiger partial charge in [-0.1, -0.05) is 18.2 Å². The van der Waals surface area contributed by atoms with Crippen LogP contribution in [0.2, 0.25) is 0 Å². The Bertz CT molecular complexity index is 1190. The average molecular weight is 563 g/mol. The van der Waals surface area contributed by atoms with Crippen LogP contribution in [0.3, 0.4) is 0 Å². The number of benzene rings is 1. The Kier molecular flexibility index (Phi) is 9.37. The second kappa shape index (κ2) is 11.9. The van der Waals surface area contributed by atoms with Gasteiger partial charge in [0.1, 0.15) is 30.4 Å². The predicted molar refractivity (Wildman–Crippen MR) is 132 cm³/mol. The number of nitrogens with zero attached hydrogens (tertiary/aromatic N) is 2. The Labute approximate surface area is 217 Å². The van der Waals surface area contributed by atoms with Gasteiger partial charge in [-0.25, -0.2) is 18.3 Å². The lowest BCUT2D eigenvalue weighted by molar-refractivity contribution is -0.149. The number of hydrogen-bond acceptors (Lipinski definition) is 10. The lowest BCUT2D eigenvalue weighted by atomic mass is 9.98. The van der Waals surface area contributed by atoms with Crippen molar-refractivity contribution in [3.8, 4) is 5.75 Å². The molecule has 1 saturated heterocycles. The molecule has 0 saturated carbocycles. The number of anilines is 1. The van der Waals surface area contributed by atoms with Crippen LogP contribution >= 0.6 is 20.0 Å². The summed E-state index contributed by atoms with van der Waals surface area (Å²) in [7, 11) is -4.44. The zero-order chi connectivity index (χ0) is 27.4. The number of rotatable bonds is 11. The summed E-state index contributed by atoms with van der Waals surface area (Å²) in [4.78, 5) is 16.1. The number of esters is 1. The standard InChI is InChI=1S/C22H29F2N4O7PS/c1-13(2)33-20(30)14(3)27-36(31,35-15-7-5-4-6-8-15)32-12-22(11-23)18(29)17(24)19(34-22)28-10-9-16(25)26-21(28)37/h4-10,13-14,17-19,29H,11-12H2,1-3H3,(H,27,31)(H2,25,26,37)/t14-,17-,18?,19+,22+,36?/m0/s1. The molecule has 1 fully saturated rings. The van der Waals surface area contributed by atoms with E-state index in [1.807, 2.05) is 0 Å². The zero-order valence-electron chi connectivity index (χ0n) is 20.3. The molecule has 0 spiro atoms. The Balaban J connectivity index is 1.85. The molecule has 1 aromatic heterocycles. The number of nitrogens with one attached hydrogen (secondary N) is 1. The maximum absolute atomic E-state index is 15.1. The van der Waals surface area contributed by atoms with E-state index in [4.69, 9.17) is 36.5 Å². The quantitative estimate of drug-likeness (QED) is 0.211. The number of nitrogen functional groups attached to an aromatic ring is 1. The maximum Gasteiger partial charge on any atom is 0.459 e. The highest BCUT2D eigenvalue weighted by molar-refractivity contribution is 7.71. The zero-order valence-corrected chi connectivity index (χ0v) is 22.0. The molecule has 0 bridgehead atoms. The summed E-state index contributed by atoms with van der Waals surface area (Å²) in [5.41, 5.74) is 3.28. The molecule has 1 aliphatic heterocycles. The van der Waals surface area contributed by atoms with Crippen molar-refractivity contribution >= 4 is 31.8 Å². The number of aromatic nitrogens is 2. The summed E-state index contributed by atoms with van der Waals surface area (Å²) in [6.07, 6.45) is -4.93. The summed E-state index contributed by atoms with van der Waals surface area (Å²) in [5.74, 6) is -0.571. The van der Waals surface area contributed by atoms with Crippen LogP contribution in [0.4, 0.5) is 14.6 Å². The first kappa shape index (κ1) is 29.1. The molecular weight excluding hydrogens is 533 g/mol. The van der Waals surface area contributed by atoms with E-state index in [0.29, 0.717) is 0 Å². The molecule has 0 amide bonds. The van der Waals surface area contributed by atoms with Crippen LogP contribution in [0, 0.1) is 4.77 Å². The van der Waals surface area contributed by atoms with Crippen molar-refractivity contribution in [1.29, 1.82) is 0 Å². The molecule has 11 nitrogen and oxygen atoms in total. The lowest BCUT2D eigenvalue weighted by Gasteiger charge is -2.31. The SMILES string of the molecule is CC(C)OC(=O)[C@H](C)NP(=O)(OC[C@@]1(CF)O[C@@H](n2ccc(N)nc2=S)[C@@H](F)C1O)Oc1ccccc1. The highest BCUT2D eigenvalue weighted by Gasteiger charge is 2.57. The highest BCUT2D eigenvalue weighted by atomic mass is 32.1. The van der Waals surface area contributed by atoms with Crippen LogP contribution < -0.4 is 15.3 Å². The molecule has 2 heterocycles. The summed E-state index contributed by atoms with van der Waals surface area (Å²) in [6, 6.07) is 8.00. The first-order valence-corrected chi connectivity index (χ1v) is 13.2. The minimum absolute atomic E-state index is 0.0745. The van der Waals surface area contributed by atoms with Gasteiger partial charge in [0.05, 0.1) is 12.7 Å². The third-order valence-electron chi connectivity index (χ3n) is 5.33. The van der Waals surface area contributed by atoms with E-state index in [1.165, 1.54) is 31.3 Å². The van der Waals surface area contributed by atoms with Gasteiger partial charge >= 0.3 is 13.7 Å². The van der Waals surface area contributed by atoms with Gasteiger partial charge in [0.25, 0.3) is 0 Å². The monoisotopic (exact) mass is 562 g/mol. The lowest BCUT2D eigenvalue weighted by Crippen LogP contribution is -2.48. The van der Waals surface area contributed by atoms with Gasteiger partial charge < -0.3 is 24.8 Å². The second-order valence-corrected chi connectivity index (χ2v) is 10.7. The smallest absolute Gasteiger partial charge is 0.459 e. The third kappa shape index (κ3) is 6.89. The fourth-order valence-corrected chi connectivity index (χ4v) is 5.27. The van der Waals surface area contributed by atoms with Crippen LogP contribution in [0.15, 0.2) is 42.6 Å². The van der Waals surface area contributed by atoms with E-state index in [0.717, 1.165) is 4.57 Å². The minimum Gasteiger partial charge on any atom is -0.462 e. The van der Waals surface area contributed by atoms with E-state index >= 15 is 4.39 Å². The first-order chi connectivity index (χ1) is 17.4. The summed E-state index contributed by atoms with van der Waals surface area (Å²) in [5, 5.41) is 13.0. The average Bonchev–Trinajstić information content (AvgIpc) is 3.08. The number of hydrogen-bond donors (Lipinski definition) is 3. The largest absolute Gasteiger partial charge is 0.462 e. The van der Waals surface area contributed by atoms with Crippen molar-refractivity contribution in [1.82, 2.24) is 14.6 Å². The fraction of sp³-hybridized carbons (Fsp3) is 0.500. The topological polar surface area (TPSA) is 147 Å². The van der Waals surface area contributed by atoms with E-state index < -0.39 is 63.2 Å². The summed E-state index contributed by atoms with van der Waals surface area (Å²) in [6.45, 7) is 2.30. The summed E-state index contributed by atoms with van der Waals surface area (Å²) < 4.78 is 65.7. The molecule has 1 aliphatic rings. The maximum atomic E-state index is 15.1. The number of nitrogens with two attached hydrogens (primary N) is 1. The molecular formula is C22H29F2N4O7PS. The van der Waals surface area contributed by atoms with Crippen molar-refractivity contribution in [2.75, 3.05) is 19.0 Å². The Morgan fingerprint density at radius 2 is 2.03 bits per heavy atom. The van der Waals surface area contributed by atoms with Gasteiger partial charge in [0, 0.05) is 6.20 Å². The number of carbonyl (C=O) groups is 1. The summed E-state index contributed by atoms with van der Waals surface area (Å²) >= 11 is 5.08. The van der Waals surface area contributed by atoms with Gasteiger partial charge in [-0.2, -0.15) is 5.09 Å². The number of carbonyl (C=O) groups excluding carboxylic acids is 1. The van der Waals surface area contributed by atoms with E-state index in [-0.39, 0.29) is 16.3 Å². The Hall–Kier alpha value is -2.48. The van der Waals surface area contributed by atoms with Gasteiger partial charge in [0.2, 0.25) is 4.77 Å². The van der Waals surface area contributed by atoms with Crippen molar-refractivity contribution in [2.24, 2.45) is 0 Å². The van der Waals surface area contributed by atoms with E-state index in [9.17, 15) is 18.9 Å². The first-order valence-electron chi connectivity index (χ1n) is 11.3. The molecule has 0 aliphatic carbocycles. The van der Waals surface area contributed by atoms with E-state index in [1.54, 1.807) is 32.0 Å². The number of ether oxygens (including phenoxy) is 2. The molecule has 204 valence electrons. The van der Waals surface area contributed by atoms with Crippen molar-refractivity contribution in [3.05, 3.63) is 47.4 Å². The van der Waals surface area contributed by atoms with Crippen LogP contribution in [0.1, 0.15) is 27.0 Å². The number of aliphatic hydroxyl groups is 1. The van der Waals surface area contributed by atoms with Gasteiger partial charge in [-0.3, -0.25) is 13.9 Å². The van der Waals surface area contributed by atoms with Crippen LogP contribution in [0.5, 0.6) is 5.75 Å². The molecule has 15 heteroatoms. The number of para-hydroxylation sites is 1. The molecule has 6 atom stereocenters. The van der Waals surface area contributed by atoms with Crippen molar-refractivity contribution in [3.63, 3.8) is 0 Å².